The van der Waals surface area contributed by atoms with E-state index in [9.17, 15) is 26.7 Å². The first-order valence-corrected chi connectivity index (χ1v) is 8.13. The van der Waals surface area contributed by atoms with Crippen molar-refractivity contribution in [1.29, 1.82) is 0 Å². The maximum Gasteiger partial charge on any atom is 0.417 e. The minimum absolute atomic E-state index is 0.00344. The number of fused-ring (bicyclic) bond motifs is 1. The average Bonchev–Trinajstić information content (AvgIpc) is 2.98. The molecular weight excluding hydrogens is 397 g/mol. The van der Waals surface area contributed by atoms with Crippen LogP contribution in [0.2, 0.25) is 5.02 Å². The van der Waals surface area contributed by atoms with Crippen molar-refractivity contribution in [2.45, 2.75) is 38.0 Å². The predicted octanol–water partition coefficient (Wildman–Crippen LogP) is 4.21. The fraction of sp³-hybridized carbons (Fsp3) is 0.400. The molecule has 0 spiro atoms. The Morgan fingerprint density at radius 1 is 1.41 bits per heavy atom. The van der Waals surface area contributed by atoms with Gasteiger partial charge in [0.1, 0.15) is 6.04 Å². The van der Waals surface area contributed by atoms with Gasteiger partial charge >= 0.3 is 6.18 Å². The van der Waals surface area contributed by atoms with Crippen molar-refractivity contribution >= 4 is 29.1 Å². The second kappa shape index (κ2) is 6.95. The molecule has 0 saturated heterocycles. The van der Waals surface area contributed by atoms with Crippen LogP contribution in [0.3, 0.4) is 0 Å². The Morgan fingerprint density at radius 3 is 2.74 bits per heavy atom. The third-order valence-corrected chi connectivity index (χ3v) is 4.27. The molecule has 0 aliphatic carbocycles. The van der Waals surface area contributed by atoms with Crippen molar-refractivity contribution in [3.8, 4) is 0 Å². The van der Waals surface area contributed by atoms with E-state index in [1.165, 1.54) is 6.07 Å². The van der Waals surface area contributed by atoms with Crippen LogP contribution < -0.4 is 10.6 Å². The summed E-state index contributed by atoms with van der Waals surface area (Å²) in [6, 6.07) is 1.27. The van der Waals surface area contributed by atoms with E-state index in [1.54, 1.807) is 6.92 Å². The first-order chi connectivity index (χ1) is 12.6. The Kier molecular flexibility index (Phi) is 4.98. The van der Waals surface area contributed by atoms with Gasteiger partial charge in [-0.05, 0) is 31.5 Å². The van der Waals surface area contributed by atoms with Gasteiger partial charge in [-0.1, -0.05) is 11.6 Å². The van der Waals surface area contributed by atoms with E-state index in [1.807, 2.05) is 0 Å². The number of nitrogens with zero attached hydrogens (tertiary/aromatic N) is 3. The summed E-state index contributed by atoms with van der Waals surface area (Å²) in [5.41, 5.74) is -1.30. The molecule has 3 rings (SSSR count). The van der Waals surface area contributed by atoms with Gasteiger partial charge in [0.25, 0.3) is 12.3 Å². The highest BCUT2D eigenvalue weighted by molar-refractivity contribution is 6.31. The van der Waals surface area contributed by atoms with Crippen molar-refractivity contribution in [3.63, 3.8) is 0 Å². The molecule has 2 atom stereocenters. The number of amides is 1. The standard InChI is InChI=1S/C15H13ClF5N5O/c1-6-4-10(11(17)18)26-14(22-6)24-12(25-26)13(27)23-7-2-3-9(16)8(5-7)15(19,20)21/h2-3,5-6,10-11H,4H2,1H3,(H,23,27)(H,22,24,25)/t6-,10+/m1/s1. The Labute approximate surface area is 154 Å². The van der Waals surface area contributed by atoms with E-state index < -0.39 is 41.0 Å². The summed E-state index contributed by atoms with van der Waals surface area (Å²) >= 11 is 5.52. The van der Waals surface area contributed by atoms with E-state index in [0.717, 1.165) is 10.7 Å². The predicted molar refractivity (Wildman–Crippen MR) is 87.2 cm³/mol. The number of alkyl halides is 5. The van der Waals surface area contributed by atoms with Gasteiger partial charge in [-0.15, -0.1) is 5.10 Å². The minimum atomic E-state index is -4.70. The van der Waals surface area contributed by atoms with Crippen LogP contribution in [0.25, 0.3) is 0 Å². The van der Waals surface area contributed by atoms with Gasteiger partial charge in [-0.3, -0.25) is 4.79 Å². The molecule has 1 aromatic carbocycles. The monoisotopic (exact) mass is 409 g/mol. The molecule has 2 N–H and O–H groups in total. The number of hydrogen-bond acceptors (Lipinski definition) is 4. The highest BCUT2D eigenvalue weighted by Crippen LogP contribution is 2.36. The van der Waals surface area contributed by atoms with Gasteiger partial charge in [-0.25, -0.2) is 13.5 Å². The zero-order valence-electron chi connectivity index (χ0n) is 13.7. The summed E-state index contributed by atoms with van der Waals surface area (Å²) < 4.78 is 66.0. The van der Waals surface area contributed by atoms with Gasteiger partial charge in [0.05, 0.1) is 10.6 Å². The molecule has 1 aromatic heterocycles. The topological polar surface area (TPSA) is 71.8 Å². The van der Waals surface area contributed by atoms with Crippen LogP contribution in [0, 0.1) is 0 Å². The van der Waals surface area contributed by atoms with Crippen LogP contribution in [0.5, 0.6) is 0 Å². The molecule has 0 saturated carbocycles. The molecule has 0 radical (unpaired) electrons. The van der Waals surface area contributed by atoms with E-state index in [4.69, 9.17) is 11.6 Å². The number of carbonyl (C=O) groups excluding carboxylic acids is 1. The minimum Gasteiger partial charge on any atom is -0.352 e. The van der Waals surface area contributed by atoms with E-state index >= 15 is 0 Å². The molecule has 1 aliphatic heterocycles. The molecule has 0 bridgehead atoms. The SMILES string of the molecule is C[C@@H]1C[C@@H](C(F)F)n2nc(C(=O)Nc3ccc(Cl)c(C(F)(F)F)c3)nc2N1. The third-order valence-electron chi connectivity index (χ3n) is 3.94. The number of aromatic nitrogens is 3. The number of rotatable bonds is 3. The molecule has 1 amide bonds. The Hall–Kier alpha value is -2.43. The molecule has 0 fully saturated rings. The van der Waals surface area contributed by atoms with Crippen molar-refractivity contribution in [2.24, 2.45) is 0 Å². The van der Waals surface area contributed by atoms with Gasteiger partial charge in [-0.2, -0.15) is 18.2 Å². The lowest BCUT2D eigenvalue weighted by molar-refractivity contribution is -0.137. The first-order valence-electron chi connectivity index (χ1n) is 7.75. The Bertz CT molecular complexity index is 869. The van der Waals surface area contributed by atoms with Crippen molar-refractivity contribution in [3.05, 3.63) is 34.6 Å². The molecule has 2 heterocycles. The third kappa shape index (κ3) is 3.97. The maximum absolute atomic E-state index is 13.2. The fourth-order valence-corrected chi connectivity index (χ4v) is 2.93. The van der Waals surface area contributed by atoms with Crippen LogP contribution in [-0.4, -0.2) is 33.1 Å². The lowest BCUT2D eigenvalue weighted by Gasteiger charge is -2.28. The zero-order valence-corrected chi connectivity index (χ0v) is 14.4. The number of nitrogens with one attached hydrogen (secondary N) is 2. The number of hydrogen-bond donors (Lipinski definition) is 2. The van der Waals surface area contributed by atoms with Crippen LogP contribution in [0.1, 0.15) is 35.6 Å². The number of anilines is 2. The number of benzene rings is 1. The summed E-state index contributed by atoms with van der Waals surface area (Å²) in [6.07, 6.45) is -7.33. The number of carbonyl (C=O) groups is 1. The van der Waals surface area contributed by atoms with E-state index in [-0.39, 0.29) is 24.1 Å². The molecule has 27 heavy (non-hydrogen) atoms. The quantitative estimate of drug-likeness (QED) is 0.745. The summed E-state index contributed by atoms with van der Waals surface area (Å²) in [6.45, 7) is 1.68. The smallest absolute Gasteiger partial charge is 0.352 e. The Balaban J connectivity index is 1.85. The highest BCUT2D eigenvalue weighted by Gasteiger charge is 2.35. The molecule has 0 unspecified atom stereocenters. The highest BCUT2D eigenvalue weighted by atomic mass is 35.5. The second-order valence-electron chi connectivity index (χ2n) is 6.03. The first kappa shape index (κ1) is 19.3. The van der Waals surface area contributed by atoms with Crippen LogP contribution in [0.4, 0.5) is 33.6 Å². The molecule has 6 nitrogen and oxygen atoms in total. The maximum atomic E-state index is 13.2. The summed E-state index contributed by atoms with van der Waals surface area (Å²) in [4.78, 5) is 16.1. The van der Waals surface area contributed by atoms with Gasteiger partial charge in [0.2, 0.25) is 11.8 Å². The van der Waals surface area contributed by atoms with Crippen molar-refractivity contribution < 1.29 is 26.7 Å². The number of halogens is 6. The Morgan fingerprint density at radius 2 is 2.11 bits per heavy atom. The molecule has 12 heteroatoms. The van der Waals surface area contributed by atoms with E-state index in [0.29, 0.717) is 6.07 Å². The second-order valence-corrected chi connectivity index (χ2v) is 6.44. The molecular formula is C15H13ClF5N5O. The average molecular weight is 410 g/mol. The lowest BCUT2D eigenvalue weighted by atomic mass is 10.1. The zero-order chi connectivity index (χ0) is 19.9. The largest absolute Gasteiger partial charge is 0.417 e. The molecule has 2 aromatic rings. The normalized spacial score (nSPS) is 19.6. The van der Waals surface area contributed by atoms with Gasteiger partial charge in [0, 0.05) is 11.7 Å². The van der Waals surface area contributed by atoms with Crippen LogP contribution in [-0.2, 0) is 6.18 Å². The van der Waals surface area contributed by atoms with Crippen LogP contribution >= 0.6 is 11.6 Å². The molecule has 146 valence electrons. The van der Waals surface area contributed by atoms with Gasteiger partial charge < -0.3 is 10.6 Å². The van der Waals surface area contributed by atoms with Crippen molar-refractivity contribution in [1.82, 2.24) is 14.8 Å². The summed E-state index contributed by atoms with van der Waals surface area (Å²) in [7, 11) is 0. The summed E-state index contributed by atoms with van der Waals surface area (Å²) in [5, 5.41) is 8.30. The fourth-order valence-electron chi connectivity index (χ4n) is 2.71. The summed E-state index contributed by atoms with van der Waals surface area (Å²) in [5.74, 6) is -1.38. The van der Waals surface area contributed by atoms with Gasteiger partial charge in [0.15, 0.2) is 0 Å². The van der Waals surface area contributed by atoms with E-state index in [2.05, 4.69) is 20.7 Å². The van der Waals surface area contributed by atoms with Crippen LogP contribution in [0.15, 0.2) is 18.2 Å². The van der Waals surface area contributed by atoms with Crippen molar-refractivity contribution in [2.75, 3.05) is 10.6 Å². The lowest BCUT2D eigenvalue weighted by Crippen LogP contribution is -2.33. The molecule has 1 aliphatic rings.